The Morgan fingerprint density at radius 3 is 2.74 bits per heavy atom. The first-order chi connectivity index (χ1) is 13.1. The molecule has 0 unspecified atom stereocenters. The van der Waals surface area contributed by atoms with Crippen molar-refractivity contribution in [2.24, 2.45) is 0 Å². The van der Waals surface area contributed by atoms with Crippen LogP contribution in [-0.2, 0) is 0 Å². The predicted octanol–water partition coefficient (Wildman–Crippen LogP) is 2.28. The molecule has 8 heteroatoms. The molecule has 1 N–H and O–H groups in total. The normalized spacial score (nSPS) is 15.4. The van der Waals surface area contributed by atoms with Gasteiger partial charge in [0.15, 0.2) is 17.2 Å². The molecule has 4 rings (SSSR count). The van der Waals surface area contributed by atoms with Gasteiger partial charge in [-0.2, -0.15) is 0 Å². The number of aromatic nitrogens is 3. The number of fused-ring (bicyclic) bond motifs is 1. The third kappa shape index (κ3) is 3.46. The number of halogens is 1. The summed E-state index contributed by atoms with van der Waals surface area (Å²) >= 11 is 0. The predicted molar refractivity (Wildman–Crippen MR) is 94.7 cm³/mol. The maximum absolute atomic E-state index is 13.1. The highest BCUT2D eigenvalue weighted by Gasteiger charge is 2.23. The van der Waals surface area contributed by atoms with Gasteiger partial charge in [0.1, 0.15) is 18.5 Å². The Balaban J connectivity index is 1.41. The van der Waals surface area contributed by atoms with Crippen LogP contribution in [0.2, 0.25) is 0 Å². The minimum atomic E-state index is -0.358. The zero-order valence-electron chi connectivity index (χ0n) is 14.6. The molecule has 2 aromatic carbocycles. The van der Waals surface area contributed by atoms with Gasteiger partial charge in [-0.1, -0.05) is 17.3 Å². The molecule has 0 saturated carbocycles. The van der Waals surface area contributed by atoms with E-state index in [9.17, 15) is 9.18 Å². The number of nitrogens with one attached hydrogen (secondary N) is 1. The Hall–Kier alpha value is -3.42. The summed E-state index contributed by atoms with van der Waals surface area (Å²) in [7, 11) is 0. The van der Waals surface area contributed by atoms with Gasteiger partial charge >= 0.3 is 0 Å². The first-order valence-electron chi connectivity index (χ1n) is 8.47. The summed E-state index contributed by atoms with van der Waals surface area (Å²) in [6.07, 6.45) is -0.295. The molecule has 0 bridgehead atoms. The molecule has 1 aliphatic heterocycles. The third-order valence-electron chi connectivity index (χ3n) is 4.24. The van der Waals surface area contributed by atoms with E-state index in [1.807, 2.05) is 24.3 Å². The summed E-state index contributed by atoms with van der Waals surface area (Å²) < 4.78 is 26.0. The van der Waals surface area contributed by atoms with Crippen molar-refractivity contribution >= 4 is 5.91 Å². The smallest absolute Gasteiger partial charge is 0.273 e. The highest BCUT2D eigenvalue weighted by Crippen LogP contribution is 2.30. The Bertz CT molecular complexity index is 971. The van der Waals surface area contributed by atoms with Crippen molar-refractivity contribution in [3.05, 3.63) is 65.7 Å². The molecular formula is C19H17FN4O3. The van der Waals surface area contributed by atoms with Gasteiger partial charge in [-0.15, -0.1) is 5.10 Å². The second-order valence-electron chi connectivity index (χ2n) is 6.12. The van der Waals surface area contributed by atoms with Crippen molar-refractivity contribution in [1.82, 2.24) is 20.3 Å². The lowest BCUT2D eigenvalue weighted by molar-refractivity contribution is 0.0786. The number of benzene rings is 2. The Kier molecular flexibility index (Phi) is 4.45. The molecular weight excluding hydrogens is 351 g/mol. The van der Waals surface area contributed by atoms with E-state index in [4.69, 9.17) is 9.47 Å². The Morgan fingerprint density at radius 2 is 1.96 bits per heavy atom. The molecule has 0 aliphatic carbocycles. The van der Waals surface area contributed by atoms with Crippen molar-refractivity contribution in [2.75, 3.05) is 13.2 Å². The zero-order valence-corrected chi connectivity index (χ0v) is 14.6. The van der Waals surface area contributed by atoms with Crippen LogP contribution in [0.25, 0.3) is 5.69 Å². The van der Waals surface area contributed by atoms with Gasteiger partial charge in [-0.3, -0.25) is 4.79 Å². The molecule has 2 heterocycles. The minimum Gasteiger partial charge on any atom is -0.486 e. The van der Waals surface area contributed by atoms with E-state index in [1.54, 1.807) is 19.1 Å². The molecule has 0 spiro atoms. The van der Waals surface area contributed by atoms with E-state index >= 15 is 0 Å². The summed E-state index contributed by atoms with van der Waals surface area (Å²) in [5.41, 5.74) is 1.39. The molecule has 7 nitrogen and oxygen atoms in total. The van der Waals surface area contributed by atoms with Gasteiger partial charge in [0.25, 0.3) is 5.91 Å². The summed E-state index contributed by atoms with van der Waals surface area (Å²) in [4.78, 5) is 12.5. The van der Waals surface area contributed by atoms with Gasteiger partial charge in [-0.25, -0.2) is 9.07 Å². The van der Waals surface area contributed by atoms with E-state index < -0.39 is 0 Å². The van der Waals surface area contributed by atoms with E-state index in [2.05, 4.69) is 15.6 Å². The zero-order chi connectivity index (χ0) is 18.8. The SMILES string of the molecule is Cc1c(C(=O)NC[C@H]2COc3ccccc3O2)nnn1-c1ccc(F)cc1. The highest BCUT2D eigenvalue weighted by atomic mass is 19.1. The van der Waals surface area contributed by atoms with Crippen LogP contribution in [0.5, 0.6) is 11.5 Å². The van der Waals surface area contributed by atoms with Gasteiger partial charge in [0.2, 0.25) is 0 Å². The number of carbonyl (C=O) groups is 1. The topological polar surface area (TPSA) is 78.3 Å². The second-order valence-corrected chi connectivity index (χ2v) is 6.12. The van der Waals surface area contributed by atoms with Crippen molar-refractivity contribution in [3.8, 4) is 17.2 Å². The van der Waals surface area contributed by atoms with Crippen LogP contribution in [0.4, 0.5) is 4.39 Å². The maximum Gasteiger partial charge on any atom is 0.273 e. The van der Waals surface area contributed by atoms with Crippen LogP contribution < -0.4 is 14.8 Å². The van der Waals surface area contributed by atoms with Crippen molar-refractivity contribution in [3.63, 3.8) is 0 Å². The van der Waals surface area contributed by atoms with Gasteiger partial charge < -0.3 is 14.8 Å². The fraction of sp³-hybridized carbons (Fsp3) is 0.211. The van der Waals surface area contributed by atoms with Crippen LogP contribution in [0.15, 0.2) is 48.5 Å². The molecule has 1 aromatic heterocycles. The molecule has 1 amide bonds. The Morgan fingerprint density at radius 1 is 1.22 bits per heavy atom. The summed E-state index contributed by atoms with van der Waals surface area (Å²) in [5.74, 6) is 0.647. The standard InChI is InChI=1S/C19H17FN4O3/c1-12-18(22-23-24(12)14-8-6-13(20)7-9-14)19(25)21-10-15-11-26-16-4-2-3-5-17(16)27-15/h2-9,15H,10-11H2,1H3,(H,21,25)/t15-/m0/s1. The van der Waals surface area contributed by atoms with E-state index in [0.717, 1.165) is 0 Å². The van der Waals surface area contributed by atoms with E-state index in [-0.39, 0.29) is 30.1 Å². The molecule has 138 valence electrons. The van der Waals surface area contributed by atoms with Crippen molar-refractivity contribution in [1.29, 1.82) is 0 Å². The van der Waals surface area contributed by atoms with Gasteiger partial charge in [0, 0.05) is 0 Å². The van der Waals surface area contributed by atoms with Crippen LogP contribution >= 0.6 is 0 Å². The lowest BCUT2D eigenvalue weighted by Crippen LogP contribution is -2.41. The molecule has 3 aromatic rings. The fourth-order valence-electron chi connectivity index (χ4n) is 2.82. The molecule has 0 saturated heterocycles. The number of amides is 1. The molecule has 27 heavy (non-hydrogen) atoms. The van der Waals surface area contributed by atoms with Crippen molar-refractivity contribution < 1.29 is 18.7 Å². The van der Waals surface area contributed by atoms with Crippen LogP contribution in [0.3, 0.4) is 0 Å². The van der Waals surface area contributed by atoms with E-state index in [0.29, 0.717) is 29.5 Å². The number of para-hydroxylation sites is 2. The second kappa shape index (κ2) is 7.06. The lowest BCUT2D eigenvalue weighted by Gasteiger charge is -2.26. The summed E-state index contributed by atoms with van der Waals surface area (Å²) in [6.45, 7) is 2.35. The maximum atomic E-state index is 13.1. The molecule has 1 atom stereocenters. The number of hydrogen-bond donors (Lipinski definition) is 1. The summed E-state index contributed by atoms with van der Waals surface area (Å²) in [5, 5.41) is 10.7. The largest absolute Gasteiger partial charge is 0.486 e. The number of rotatable bonds is 4. The van der Waals surface area contributed by atoms with Crippen molar-refractivity contribution in [2.45, 2.75) is 13.0 Å². The quantitative estimate of drug-likeness (QED) is 0.764. The van der Waals surface area contributed by atoms with Crippen LogP contribution in [0, 0.1) is 12.7 Å². The molecule has 0 radical (unpaired) electrons. The van der Waals surface area contributed by atoms with Crippen LogP contribution in [0.1, 0.15) is 16.2 Å². The molecule has 1 aliphatic rings. The minimum absolute atomic E-state index is 0.205. The van der Waals surface area contributed by atoms with E-state index in [1.165, 1.54) is 16.8 Å². The highest BCUT2D eigenvalue weighted by molar-refractivity contribution is 5.93. The fourth-order valence-corrected chi connectivity index (χ4v) is 2.82. The number of carbonyl (C=O) groups excluding carboxylic acids is 1. The van der Waals surface area contributed by atoms with Gasteiger partial charge in [-0.05, 0) is 43.3 Å². The monoisotopic (exact) mass is 368 g/mol. The van der Waals surface area contributed by atoms with Crippen LogP contribution in [-0.4, -0.2) is 40.2 Å². The first kappa shape index (κ1) is 17.0. The number of ether oxygens (including phenoxy) is 2. The number of nitrogens with zero attached hydrogens (tertiary/aromatic N) is 3. The summed E-state index contributed by atoms with van der Waals surface area (Å²) in [6, 6.07) is 13.2. The average molecular weight is 368 g/mol. The van der Waals surface area contributed by atoms with Gasteiger partial charge in [0.05, 0.1) is 17.9 Å². The first-order valence-corrected chi connectivity index (χ1v) is 8.47. The third-order valence-corrected chi connectivity index (χ3v) is 4.24. The molecule has 0 fully saturated rings. The number of hydrogen-bond acceptors (Lipinski definition) is 5. The lowest BCUT2D eigenvalue weighted by atomic mass is 10.2. The Labute approximate surface area is 154 Å². The average Bonchev–Trinajstić information content (AvgIpc) is 3.08.